The van der Waals surface area contributed by atoms with E-state index in [4.69, 9.17) is 11.0 Å². The first-order chi connectivity index (χ1) is 17.1. The smallest absolute Gasteiger partial charge is 0.314 e. The fourth-order valence-corrected chi connectivity index (χ4v) is 5.23. The van der Waals surface area contributed by atoms with Gasteiger partial charge in [-0.15, -0.1) is 0 Å². The average Bonchev–Trinajstić information content (AvgIpc) is 2.82. The van der Waals surface area contributed by atoms with Crippen LogP contribution in [0.15, 0.2) is 36.8 Å². The third-order valence-electron chi connectivity index (χ3n) is 6.02. The van der Waals surface area contributed by atoms with Gasteiger partial charge in [0, 0.05) is 42.6 Å². The Balaban J connectivity index is 1.52. The summed E-state index contributed by atoms with van der Waals surface area (Å²) >= 11 is 0. The van der Waals surface area contributed by atoms with E-state index in [1.165, 1.54) is 17.4 Å². The average molecular weight is 509 g/mol. The molecular weight excluding hydrogens is 484 g/mol. The monoisotopic (exact) mass is 508 g/mol. The summed E-state index contributed by atoms with van der Waals surface area (Å²) in [5.74, 6) is -1.73. The molecular formula is C23H24N8O4S. The fraction of sp³-hybridized carbons (Fsp3) is 0.304. The third-order valence-corrected chi connectivity index (χ3v) is 7.79. The molecule has 4 N–H and O–H groups in total. The van der Waals surface area contributed by atoms with Crippen LogP contribution in [0.1, 0.15) is 18.9 Å². The van der Waals surface area contributed by atoms with Gasteiger partial charge in [0.05, 0.1) is 29.5 Å². The first-order valence-electron chi connectivity index (χ1n) is 11.0. The molecule has 1 aliphatic heterocycles. The van der Waals surface area contributed by atoms with Crippen LogP contribution < -0.4 is 16.4 Å². The highest BCUT2D eigenvalue weighted by atomic mass is 32.2. The van der Waals surface area contributed by atoms with Crippen molar-refractivity contribution in [1.29, 1.82) is 5.26 Å². The number of sulfonamides is 1. The van der Waals surface area contributed by atoms with Crippen molar-refractivity contribution >= 4 is 44.2 Å². The standard InChI is InChI=1S/C23H24N8O4S/c1-3-36(34,35)31-12-23(13-31,5-6-24)30-22(33)21(32)29-19-9-15-8-18(16-10-26-7-4-14(16)2)28-20(25)17(15)11-27-19/h4,7-11H,3,5,12-13H2,1-2H3,(H2,25,28)(H,30,33)(H,27,29,32). The van der Waals surface area contributed by atoms with E-state index in [1.54, 1.807) is 24.5 Å². The molecule has 0 saturated carbocycles. The van der Waals surface area contributed by atoms with Crippen molar-refractivity contribution in [3.8, 4) is 17.3 Å². The number of carbonyl (C=O) groups is 2. The SMILES string of the molecule is CCS(=O)(=O)N1CC(CC#N)(NC(=O)C(=O)Nc2cc3cc(-c4cnccc4C)nc(N)c3cn2)C1. The van der Waals surface area contributed by atoms with Gasteiger partial charge in [-0.2, -0.15) is 9.57 Å². The van der Waals surface area contributed by atoms with Gasteiger partial charge in [-0.05, 0) is 43.0 Å². The minimum absolute atomic E-state index is 0.0766. The number of anilines is 2. The van der Waals surface area contributed by atoms with Gasteiger partial charge in [0.25, 0.3) is 0 Å². The van der Waals surface area contributed by atoms with Crippen LogP contribution in [-0.4, -0.2) is 63.9 Å². The van der Waals surface area contributed by atoms with E-state index in [1.807, 2.05) is 19.1 Å². The highest BCUT2D eigenvalue weighted by molar-refractivity contribution is 7.89. The summed E-state index contributed by atoms with van der Waals surface area (Å²) < 4.78 is 25.2. The highest BCUT2D eigenvalue weighted by Gasteiger charge is 2.49. The van der Waals surface area contributed by atoms with Crippen LogP contribution in [0.5, 0.6) is 0 Å². The Hall–Kier alpha value is -4.15. The van der Waals surface area contributed by atoms with Gasteiger partial charge < -0.3 is 16.4 Å². The van der Waals surface area contributed by atoms with Crippen molar-refractivity contribution in [3.63, 3.8) is 0 Å². The van der Waals surface area contributed by atoms with E-state index < -0.39 is 27.4 Å². The number of pyridine rings is 3. The van der Waals surface area contributed by atoms with Gasteiger partial charge in [-0.3, -0.25) is 14.6 Å². The van der Waals surface area contributed by atoms with Crippen LogP contribution in [0.3, 0.4) is 0 Å². The Labute approximate surface area is 207 Å². The van der Waals surface area contributed by atoms with E-state index >= 15 is 0 Å². The molecule has 1 fully saturated rings. The molecule has 0 bridgehead atoms. The van der Waals surface area contributed by atoms with Gasteiger partial charge in [0.15, 0.2) is 0 Å². The number of amides is 2. The number of nitrogens with one attached hydrogen (secondary N) is 2. The molecule has 0 spiro atoms. The molecule has 0 radical (unpaired) electrons. The van der Waals surface area contributed by atoms with Crippen LogP contribution in [0.4, 0.5) is 11.6 Å². The lowest BCUT2D eigenvalue weighted by Crippen LogP contribution is -2.72. The molecule has 1 aliphatic rings. The molecule has 0 aromatic carbocycles. The number of nitrogens with zero attached hydrogens (tertiary/aromatic N) is 5. The number of aryl methyl sites for hydroxylation is 1. The molecule has 13 heteroatoms. The van der Waals surface area contributed by atoms with Crippen LogP contribution in [0, 0.1) is 18.3 Å². The maximum atomic E-state index is 12.6. The molecule has 1 saturated heterocycles. The number of aromatic nitrogens is 3. The summed E-state index contributed by atoms with van der Waals surface area (Å²) in [5.41, 5.74) is 7.35. The second-order valence-electron chi connectivity index (χ2n) is 8.57. The van der Waals surface area contributed by atoms with Gasteiger partial charge >= 0.3 is 11.8 Å². The van der Waals surface area contributed by atoms with Crippen molar-refractivity contribution < 1.29 is 18.0 Å². The third kappa shape index (κ3) is 4.81. The summed E-state index contributed by atoms with van der Waals surface area (Å²) in [6.45, 7) is 3.28. The summed E-state index contributed by atoms with van der Waals surface area (Å²) in [6.07, 6.45) is 4.67. The van der Waals surface area contributed by atoms with Gasteiger partial charge in [-0.25, -0.2) is 18.4 Å². The van der Waals surface area contributed by atoms with Crippen molar-refractivity contribution in [2.45, 2.75) is 25.8 Å². The summed E-state index contributed by atoms with van der Waals surface area (Å²) in [5, 5.41) is 15.3. The number of hydrogen-bond donors (Lipinski definition) is 3. The first-order valence-corrected chi connectivity index (χ1v) is 12.6. The molecule has 3 aromatic heterocycles. The van der Waals surface area contributed by atoms with Crippen LogP contribution in [0.2, 0.25) is 0 Å². The van der Waals surface area contributed by atoms with Crippen molar-refractivity contribution in [2.75, 3.05) is 29.9 Å². The lowest BCUT2D eigenvalue weighted by atomic mass is 9.89. The molecule has 0 atom stereocenters. The Morgan fingerprint density at radius 2 is 2.00 bits per heavy atom. The maximum Gasteiger partial charge on any atom is 0.314 e. The molecule has 4 rings (SSSR count). The number of fused-ring (bicyclic) bond motifs is 1. The molecule has 36 heavy (non-hydrogen) atoms. The van der Waals surface area contributed by atoms with Gasteiger partial charge in [0.1, 0.15) is 11.6 Å². The molecule has 12 nitrogen and oxygen atoms in total. The van der Waals surface area contributed by atoms with Crippen molar-refractivity contribution in [2.24, 2.45) is 0 Å². The second kappa shape index (κ2) is 9.48. The van der Waals surface area contributed by atoms with Crippen LogP contribution in [0.25, 0.3) is 22.0 Å². The minimum atomic E-state index is -3.46. The minimum Gasteiger partial charge on any atom is -0.383 e. The Bertz CT molecular complexity index is 1510. The summed E-state index contributed by atoms with van der Waals surface area (Å²) in [4.78, 5) is 37.9. The number of hydrogen-bond acceptors (Lipinski definition) is 9. The number of carbonyl (C=O) groups excluding carboxylic acids is 2. The molecule has 2 amide bonds. The molecule has 0 unspecified atom stereocenters. The topological polar surface area (TPSA) is 184 Å². The summed E-state index contributed by atoms with van der Waals surface area (Å²) in [6, 6.07) is 7.14. The second-order valence-corrected chi connectivity index (χ2v) is 10.8. The quantitative estimate of drug-likeness (QED) is 0.408. The Kier molecular flexibility index (Phi) is 6.57. The number of nitrogens with two attached hydrogens (primary N) is 1. The molecule has 3 aromatic rings. The first kappa shape index (κ1) is 25.0. The normalized spacial score (nSPS) is 15.0. The van der Waals surface area contributed by atoms with Crippen molar-refractivity contribution in [3.05, 3.63) is 42.4 Å². The van der Waals surface area contributed by atoms with Gasteiger partial charge in [0.2, 0.25) is 10.0 Å². The zero-order valence-corrected chi connectivity index (χ0v) is 20.5. The van der Waals surface area contributed by atoms with E-state index in [0.717, 1.165) is 11.1 Å². The number of nitrogen functional groups attached to an aromatic ring is 1. The zero-order valence-electron chi connectivity index (χ0n) is 19.6. The fourth-order valence-electron chi connectivity index (χ4n) is 3.98. The zero-order chi connectivity index (χ0) is 26.1. The Morgan fingerprint density at radius 3 is 2.67 bits per heavy atom. The summed E-state index contributed by atoms with van der Waals surface area (Å²) in [7, 11) is -3.46. The van der Waals surface area contributed by atoms with Gasteiger partial charge in [-0.1, -0.05) is 0 Å². The van der Waals surface area contributed by atoms with E-state index in [9.17, 15) is 18.0 Å². The molecule has 186 valence electrons. The highest BCUT2D eigenvalue weighted by Crippen LogP contribution is 2.29. The maximum absolute atomic E-state index is 12.6. The number of rotatable bonds is 6. The van der Waals surface area contributed by atoms with E-state index in [-0.39, 0.29) is 36.9 Å². The van der Waals surface area contributed by atoms with E-state index in [0.29, 0.717) is 16.5 Å². The predicted molar refractivity (Wildman–Crippen MR) is 133 cm³/mol. The lowest BCUT2D eigenvalue weighted by Gasteiger charge is -2.48. The predicted octanol–water partition coefficient (Wildman–Crippen LogP) is 0.955. The Morgan fingerprint density at radius 1 is 1.25 bits per heavy atom. The molecule has 0 aliphatic carbocycles. The lowest BCUT2D eigenvalue weighted by molar-refractivity contribution is -0.138. The van der Waals surface area contributed by atoms with Crippen LogP contribution >= 0.6 is 0 Å². The van der Waals surface area contributed by atoms with Crippen LogP contribution in [-0.2, 0) is 19.6 Å². The largest absolute Gasteiger partial charge is 0.383 e. The molecule has 4 heterocycles. The van der Waals surface area contributed by atoms with Crippen molar-refractivity contribution in [1.82, 2.24) is 24.6 Å². The number of nitriles is 1. The van der Waals surface area contributed by atoms with E-state index in [2.05, 4.69) is 25.6 Å².